The molecule has 0 radical (unpaired) electrons. The number of nitrogens with zero attached hydrogens (tertiary/aromatic N) is 3. The van der Waals surface area contributed by atoms with E-state index in [2.05, 4.69) is 62.5 Å². The van der Waals surface area contributed by atoms with Crippen molar-refractivity contribution in [3.05, 3.63) is 88.2 Å². The lowest BCUT2D eigenvalue weighted by atomic mass is 10.2. The quantitative estimate of drug-likeness (QED) is 0.335. The van der Waals surface area contributed by atoms with Gasteiger partial charge in [-0.3, -0.25) is 4.99 Å². The largest absolute Gasteiger partial charge is 0.463 e. The van der Waals surface area contributed by atoms with Crippen molar-refractivity contribution in [3.8, 4) is 11.5 Å². The summed E-state index contributed by atoms with van der Waals surface area (Å²) in [6.45, 7) is 19.0. The second kappa shape index (κ2) is 12.6. The molecule has 0 fully saturated rings. The lowest BCUT2D eigenvalue weighted by molar-refractivity contribution is 0.430. The smallest absolute Gasteiger partial charge is 0.163 e. The fourth-order valence-corrected chi connectivity index (χ4v) is 3.83. The molecule has 3 rings (SSSR count). The van der Waals surface area contributed by atoms with E-state index >= 15 is 0 Å². The summed E-state index contributed by atoms with van der Waals surface area (Å²) in [5.41, 5.74) is 3.10. The van der Waals surface area contributed by atoms with Crippen molar-refractivity contribution in [2.75, 3.05) is 0 Å². The average Bonchev–Trinajstić information content (AvgIpc) is 3.07. The second-order valence-corrected chi connectivity index (χ2v) is 7.92. The molecule has 172 valence electrons. The van der Waals surface area contributed by atoms with E-state index in [1.54, 1.807) is 24.7 Å². The highest BCUT2D eigenvalue weighted by atomic mass is 79.9. The third-order valence-electron chi connectivity index (χ3n) is 4.38. The molecule has 0 aliphatic carbocycles. The molecule has 1 aromatic carbocycles. The Morgan fingerprint density at radius 2 is 1.88 bits per heavy atom. The number of aromatic amines is 1. The van der Waals surface area contributed by atoms with Gasteiger partial charge in [0.25, 0.3) is 0 Å². The van der Waals surface area contributed by atoms with Crippen molar-refractivity contribution in [2.45, 2.75) is 34.1 Å². The van der Waals surface area contributed by atoms with Crippen LogP contribution in [0.5, 0.6) is 11.5 Å². The summed E-state index contributed by atoms with van der Waals surface area (Å²) < 4.78 is 12.1. The molecule has 3 aromatic rings. The zero-order valence-corrected chi connectivity index (χ0v) is 21.1. The van der Waals surface area contributed by atoms with Gasteiger partial charge in [-0.1, -0.05) is 32.7 Å². The van der Waals surface area contributed by atoms with Crippen molar-refractivity contribution < 1.29 is 9.47 Å². The molecular weight excluding hydrogens is 480 g/mol. The summed E-state index contributed by atoms with van der Waals surface area (Å²) in [5, 5.41) is 1.80. The molecule has 0 aliphatic rings. The third kappa shape index (κ3) is 7.57. The Morgan fingerprint density at radius 3 is 2.42 bits per heavy atom. The summed E-state index contributed by atoms with van der Waals surface area (Å²) >= 11 is 3.57. The van der Waals surface area contributed by atoms with Crippen LogP contribution in [0, 0.1) is 6.92 Å². The van der Waals surface area contributed by atoms with E-state index in [9.17, 15) is 0 Å². The molecule has 0 atom stereocenters. The van der Waals surface area contributed by atoms with Crippen molar-refractivity contribution in [1.29, 1.82) is 0 Å². The Hall–Kier alpha value is -3.45. The predicted octanol–water partition coefficient (Wildman–Crippen LogP) is 5.54. The molecule has 1 N–H and O–H groups in total. The van der Waals surface area contributed by atoms with Crippen LogP contribution in [-0.2, 0) is 6.42 Å². The average molecular weight is 509 g/mol. The van der Waals surface area contributed by atoms with Crippen LogP contribution in [0.3, 0.4) is 0 Å². The zero-order valence-electron chi connectivity index (χ0n) is 19.5. The van der Waals surface area contributed by atoms with Gasteiger partial charge >= 0.3 is 0 Å². The van der Waals surface area contributed by atoms with Gasteiger partial charge in [-0.05, 0) is 66.9 Å². The molecule has 2 heterocycles. The van der Waals surface area contributed by atoms with Crippen LogP contribution in [0.4, 0.5) is 5.69 Å². The number of halogens is 1. The summed E-state index contributed by atoms with van der Waals surface area (Å²) in [5.74, 6) is 2.84. The van der Waals surface area contributed by atoms with E-state index in [1.165, 1.54) is 6.33 Å². The number of allylic oxidation sites excluding steroid dienone is 2. The molecule has 0 saturated heterocycles. The zero-order chi connectivity index (χ0) is 24.4. The number of benzene rings is 1. The summed E-state index contributed by atoms with van der Waals surface area (Å²) in [6, 6.07) is 5.72. The van der Waals surface area contributed by atoms with Crippen molar-refractivity contribution in [1.82, 2.24) is 15.0 Å². The topological polar surface area (TPSA) is 72.4 Å². The minimum absolute atomic E-state index is 0.612. The van der Waals surface area contributed by atoms with Gasteiger partial charge < -0.3 is 14.5 Å². The number of nitrogens with one attached hydrogen (secondary N) is 1. The monoisotopic (exact) mass is 508 g/mol. The van der Waals surface area contributed by atoms with E-state index in [-0.39, 0.29) is 0 Å². The normalized spacial score (nSPS) is 11.4. The fourth-order valence-electron chi connectivity index (χ4n) is 2.93. The number of ether oxygens (including phenoxy) is 2. The van der Waals surface area contributed by atoms with Gasteiger partial charge in [0.05, 0.1) is 29.1 Å². The van der Waals surface area contributed by atoms with Crippen LogP contribution in [0.25, 0.3) is 12.3 Å². The molecule has 0 unspecified atom stereocenters. The number of hydrogen-bond acceptors (Lipinski definition) is 5. The van der Waals surface area contributed by atoms with E-state index < -0.39 is 0 Å². The van der Waals surface area contributed by atoms with Gasteiger partial charge in [-0.2, -0.15) is 0 Å². The van der Waals surface area contributed by atoms with Crippen molar-refractivity contribution in [3.63, 3.8) is 0 Å². The molecule has 0 bridgehead atoms. The number of hydrogen-bond donors (Lipinski definition) is 1. The summed E-state index contributed by atoms with van der Waals surface area (Å²) in [7, 11) is 0. The number of rotatable bonds is 7. The Labute approximate surface area is 203 Å². The van der Waals surface area contributed by atoms with E-state index in [0.717, 1.165) is 49.9 Å². The number of H-pyrrole nitrogens is 1. The Morgan fingerprint density at radius 1 is 1.18 bits per heavy atom. The van der Waals surface area contributed by atoms with Gasteiger partial charge in [-0.25, -0.2) is 9.97 Å². The highest BCUT2D eigenvalue weighted by Gasteiger charge is 2.07. The summed E-state index contributed by atoms with van der Waals surface area (Å²) in [6.07, 6.45) is 8.95. The molecule has 0 amide bonds. The first-order valence-electron chi connectivity index (χ1n) is 10.3. The van der Waals surface area contributed by atoms with Gasteiger partial charge in [0, 0.05) is 21.7 Å². The van der Waals surface area contributed by atoms with E-state index in [0.29, 0.717) is 11.5 Å². The van der Waals surface area contributed by atoms with Crippen LogP contribution in [-0.4, -0.2) is 21.2 Å². The predicted molar refractivity (Wildman–Crippen MR) is 139 cm³/mol. The lowest BCUT2D eigenvalue weighted by Crippen LogP contribution is -2.25. The van der Waals surface area contributed by atoms with E-state index in [1.807, 2.05) is 39.0 Å². The fraction of sp³-hybridized carbons (Fsp3) is 0.192. The van der Waals surface area contributed by atoms with Crippen molar-refractivity contribution >= 4 is 40.2 Å². The maximum Gasteiger partial charge on any atom is 0.163 e. The minimum atomic E-state index is 0.612. The summed E-state index contributed by atoms with van der Waals surface area (Å²) in [4.78, 5) is 15.3. The van der Waals surface area contributed by atoms with Gasteiger partial charge in [0.15, 0.2) is 5.75 Å². The van der Waals surface area contributed by atoms with Crippen LogP contribution in [0.2, 0.25) is 0 Å². The van der Waals surface area contributed by atoms with Crippen LogP contribution in [0.15, 0.2) is 71.4 Å². The maximum absolute atomic E-state index is 5.72. The third-order valence-corrected chi connectivity index (χ3v) is 5.26. The molecule has 0 aliphatic heterocycles. The number of aliphatic imine (C=N–C) groups is 1. The first-order valence-corrected chi connectivity index (χ1v) is 11.1. The first kappa shape index (κ1) is 25.8. The highest BCUT2D eigenvalue weighted by Crippen LogP contribution is 2.24. The first-order chi connectivity index (χ1) is 15.8. The highest BCUT2D eigenvalue weighted by molar-refractivity contribution is 9.10. The van der Waals surface area contributed by atoms with Crippen LogP contribution < -0.4 is 20.0 Å². The molecule has 0 spiro atoms. The van der Waals surface area contributed by atoms with Crippen molar-refractivity contribution in [2.24, 2.45) is 4.99 Å². The maximum atomic E-state index is 5.72. The van der Waals surface area contributed by atoms with Gasteiger partial charge in [-0.15, -0.1) is 0 Å². The lowest BCUT2D eigenvalue weighted by Gasteiger charge is -2.06. The van der Waals surface area contributed by atoms with Gasteiger partial charge in [0.1, 0.15) is 17.8 Å². The van der Waals surface area contributed by atoms with Crippen LogP contribution >= 0.6 is 15.9 Å². The molecule has 2 aromatic heterocycles. The Kier molecular flexibility index (Phi) is 9.82. The second-order valence-electron chi connectivity index (χ2n) is 7.12. The Balaban J connectivity index is 0.000000238. The number of aromatic nitrogens is 3. The molecule has 0 saturated carbocycles. The number of aryl methyl sites for hydroxylation is 2. The standard InChI is InChI=1S/C13H14BrN3O.C13H15NO/c1-4-11-13(14)12(8(2)17-11)9(3)18-10-5-15-7-16-6-10;1-5-8-14-13-7-6-12(9-11(13)4)15-10(2)3/h5-7,17H,2,4H2,1,3H3;5-9H,1-2H2,3-4H3/b12-9-;. The molecule has 6 nitrogen and oxygen atoms in total. The molecule has 33 heavy (non-hydrogen) atoms. The molecular formula is C26H29BrN4O2. The Bertz CT molecular complexity index is 1250. The van der Waals surface area contributed by atoms with Crippen LogP contribution in [0.1, 0.15) is 32.0 Å². The SMILES string of the molecule is C=CC=Nc1ccc(OC(=C)C)cc1C.C=c1[nH]c(CC)c(Br)/c1=C(/C)Oc1cncnc1. The van der Waals surface area contributed by atoms with E-state index in [4.69, 9.17) is 9.47 Å². The molecule has 7 heteroatoms. The minimum Gasteiger partial charge on any atom is -0.463 e. The van der Waals surface area contributed by atoms with Gasteiger partial charge in [0.2, 0.25) is 0 Å².